The summed E-state index contributed by atoms with van der Waals surface area (Å²) in [6.07, 6.45) is 0. The van der Waals surface area contributed by atoms with Crippen LogP contribution in [0.4, 0.5) is 5.69 Å². The molecule has 0 aliphatic rings. The number of hydrogen-bond donors (Lipinski definition) is 4. The normalized spacial score (nSPS) is 9.75. The van der Waals surface area contributed by atoms with Crippen molar-refractivity contribution in [3.8, 4) is 5.75 Å². The van der Waals surface area contributed by atoms with Crippen LogP contribution in [0.25, 0.3) is 0 Å². The van der Waals surface area contributed by atoms with Gasteiger partial charge in [-0.05, 0) is 48.6 Å². The van der Waals surface area contributed by atoms with Crippen LogP contribution >= 0.6 is 12.2 Å². The first-order valence-electron chi connectivity index (χ1n) is 6.91. The van der Waals surface area contributed by atoms with E-state index in [1.165, 1.54) is 7.11 Å². The monoisotopic (exact) mass is 344 g/mol. The van der Waals surface area contributed by atoms with Crippen LogP contribution in [0.3, 0.4) is 0 Å². The number of hydrazine groups is 1. The first kappa shape index (κ1) is 17.4. The molecule has 0 unspecified atom stereocenters. The average molecular weight is 344 g/mol. The molecule has 0 spiro atoms. The summed E-state index contributed by atoms with van der Waals surface area (Å²) in [6.45, 7) is 0. The van der Waals surface area contributed by atoms with Crippen molar-refractivity contribution in [3.63, 3.8) is 0 Å². The lowest BCUT2D eigenvalue weighted by Crippen LogP contribution is -2.34. The largest absolute Gasteiger partial charge is 0.496 e. The number of carbonyl (C=O) groups excluding carboxylic acids is 2. The SMILES string of the molecule is COc1ccccc1C(=O)NC(=S)Nc1ccc(C(=O)NN)cc1. The summed E-state index contributed by atoms with van der Waals surface area (Å²) in [4.78, 5) is 23.6. The Hall–Kier alpha value is -2.97. The molecule has 0 bridgehead atoms. The number of hydrogen-bond acceptors (Lipinski definition) is 5. The summed E-state index contributed by atoms with van der Waals surface area (Å²) in [7, 11) is 1.49. The van der Waals surface area contributed by atoms with E-state index in [1.54, 1.807) is 48.5 Å². The lowest BCUT2D eigenvalue weighted by Gasteiger charge is -2.11. The minimum absolute atomic E-state index is 0.127. The van der Waals surface area contributed by atoms with E-state index in [1.807, 2.05) is 5.43 Å². The van der Waals surface area contributed by atoms with Crippen molar-refractivity contribution in [3.05, 3.63) is 59.7 Å². The molecule has 8 heteroatoms. The van der Waals surface area contributed by atoms with Gasteiger partial charge < -0.3 is 10.1 Å². The number of nitrogens with two attached hydrogens (primary N) is 1. The molecule has 0 fully saturated rings. The van der Waals surface area contributed by atoms with E-state index in [0.717, 1.165) is 0 Å². The van der Waals surface area contributed by atoms with Gasteiger partial charge in [-0.1, -0.05) is 12.1 Å². The van der Waals surface area contributed by atoms with Gasteiger partial charge in [0.1, 0.15) is 5.75 Å². The molecule has 0 aliphatic carbocycles. The van der Waals surface area contributed by atoms with E-state index in [0.29, 0.717) is 22.6 Å². The maximum Gasteiger partial charge on any atom is 0.265 e. The van der Waals surface area contributed by atoms with Crippen LogP contribution in [-0.2, 0) is 0 Å². The smallest absolute Gasteiger partial charge is 0.265 e. The minimum Gasteiger partial charge on any atom is -0.496 e. The van der Waals surface area contributed by atoms with Crippen LogP contribution in [0.1, 0.15) is 20.7 Å². The summed E-state index contributed by atoms with van der Waals surface area (Å²) in [5, 5.41) is 5.56. The minimum atomic E-state index is -0.395. The number of nitrogen functional groups attached to an aromatic ring is 1. The maximum atomic E-state index is 12.2. The molecule has 0 saturated heterocycles. The first-order chi connectivity index (χ1) is 11.5. The Balaban J connectivity index is 2.00. The van der Waals surface area contributed by atoms with Crippen molar-refractivity contribution < 1.29 is 14.3 Å². The molecule has 2 aromatic carbocycles. The molecule has 5 N–H and O–H groups in total. The molecule has 2 aromatic rings. The van der Waals surface area contributed by atoms with Gasteiger partial charge in [0.15, 0.2) is 5.11 Å². The quantitative estimate of drug-likeness (QED) is 0.289. The lowest BCUT2D eigenvalue weighted by atomic mass is 10.2. The standard InChI is InChI=1S/C16H16N4O3S/c1-23-13-5-3-2-4-12(13)15(22)19-16(24)18-11-8-6-10(7-9-11)14(21)20-17/h2-9H,17H2,1H3,(H,20,21)(H2,18,19,22,24). The van der Waals surface area contributed by atoms with Gasteiger partial charge in [-0.25, -0.2) is 5.84 Å². The van der Waals surface area contributed by atoms with Crippen LogP contribution in [0, 0.1) is 0 Å². The molecule has 0 atom stereocenters. The third kappa shape index (κ3) is 4.28. The highest BCUT2D eigenvalue weighted by Crippen LogP contribution is 2.17. The summed E-state index contributed by atoms with van der Waals surface area (Å²) in [5.74, 6) is 4.74. The number of thiocarbonyl (C=S) groups is 1. The number of para-hydroxylation sites is 1. The number of ether oxygens (including phenoxy) is 1. The molecule has 0 aliphatic heterocycles. The number of amides is 2. The van der Waals surface area contributed by atoms with Crippen LogP contribution in [-0.4, -0.2) is 24.0 Å². The Kier molecular flexibility index (Phi) is 5.83. The van der Waals surface area contributed by atoms with Crippen LogP contribution in [0.15, 0.2) is 48.5 Å². The fraction of sp³-hybridized carbons (Fsp3) is 0.0625. The van der Waals surface area contributed by atoms with Crippen molar-refractivity contribution in [1.29, 1.82) is 0 Å². The Morgan fingerprint density at radius 3 is 2.33 bits per heavy atom. The van der Waals surface area contributed by atoms with Gasteiger partial charge in [-0.3, -0.25) is 20.3 Å². The Morgan fingerprint density at radius 1 is 1.04 bits per heavy atom. The Morgan fingerprint density at radius 2 is 1.71 bits per heavy atom. The van der Waals surface area contributed by atoms with E-state index >= 15 is 0 Å². The summed E-state index contributed by atoms with van der Waals surface area (Å²) < 4.78 is 5.14. The molecule has 2 rings (SSSR count). The van der Waals surface area contributed by atoms with Gasteiger partial charge >= 0.3 is 0 Å². The predicted octanol–water partition coefficient (Wildman–Crippen LogP) is 1.43. The highest BCUT2D eigenvalue weighted by atomic mass is 32.1. The second kappa shape index (κ2) is 8.04. The van der Waals surface area contributed by atoms with E-state index in [4.69, 9.17) is 22.8 Å². The highest BCUT2D eigenvalue weighted by Gasteiger charge is 2.13. The van der Waals surface area contributed by atoms with Crippen LogP contribution in [0.2, 0.25) is 0 Å². The molecular weight excluding hydrogens is 328 g/mol. The Labute approximate surface area is 144 Å². The molecule has 0 saturated carbocycles. The second-order valence-corrected chi connectivity index (χ2v) is 5.07. The molecule has 2 amide bonds. The zero-order chi connectivity index (χ0) is 17.5. The maximum absolute atomic E-state index is 12.2. The topological polar surface area (TPSA) is 105 Å². The summed E-state index contributed by atoms with van der Waals surface area (Å²) in [5.41, 5.74) is 3.45. The number of benzene rings is 2. The van der Waals surface area contributed by atoms with Crippen molar-refractivity contribution in [2.45, 2.75) is 0 Å². The third-order valence-corrected chi connectivity index (χ3v) is 3.32. The number of nitrogens with one attached hydrogen (secondary N) is 3. The number of rotatable bonds is 4. The van der Waals surface area contributed by atoms with Gasteiger partial charge in [0.25, 0.3) is 11.8 Å². The molecule has 124 valence electrons. The molecule has 0 radical (unpaired) electrons. The zero-order valence-corrected chi connectivity index (χ0v) is 13.6. The van der Waals surface area contributed by atoms with Gasteiger partial charge in [-0.2, -0.15) is 0 Å². The van der Waals surface area contributed by atoms with E-state index < -0.39 is 5.91 Å². The van der Waals surface area contributed by atoms with E-state index in [2.05, 4.69) is 10.6 Å². The lowest BCUT2D eigenvalue weighted by molar-refractivity contribution is 0.0951. The van der Waals surface area contributed by atoms with Crippen molar-refractivity contribution in [2.24, 2.45) is 5.84 Å². The number of carbonyl (C=O) groups is 2. The van der Waals surface area contributed by atoms with Gasteiger partial charge in [-0.15, -0.1) is 0 Å². The molecule has 24 heavy (non-hydrogen) atoms. The second-order valence-electron chi connectivity index (χ2n) is 4.66. The number of anilines is 1. The fourth-order valence-electron chi connectivity index (χ4n) is 1.95. The van der Waals surface area contributed by atoms with Gasteiger partial charge in [0.2, 0.25) is 0 Å². The van der Waals surface area contributed by atoms with Crippen molar-refractivity contribution >= 4 is 34.8 Å². The third-order valence-electron chi connectivity index (χ3n) is 3.11. The van der Waals surface area contributed by atoms with Gasteiger partial charge in [0, 0.05) is 11.3 Å². The van der Waals surface area contributed by atoms with Crippen LogP contribution < -0.4 is 26.6 Å². The average Bonchev–Trinajstić information content (AvgIpc) is 2.61. The number of methoxy groups -OCH3 is 1. The van der Waals surface area contributed by atoms with Crippen molar-refractivity contribution in [2.75, 3.05) is 12.4 Å². The predicted molar refractivity (Wildman–Crippen MR) is 94.8 cm³/mol. The molecule has 0 aromatic heterocycles. The summed E-state index contributed by atoms with van der Waals surface area (Å²) in [6, 6.07) is 13.3. The zero-order valence-electron chi connectivity index (χ0n) is 12.8. The highest BCUT2D eigenvalue weighted by molar-refractivity contribution is 7.80. The van der Waals surface area contributed by atoms with Crippen molar-refractivity contribution in [1.82, 2.24) is 10.7 Å². The molecular formula is C16H16N4O3S. The molecule has 7 nitrogen and oxygen atoms in total. The molecule has 0 heterocycles. The van der Waals surface area contributed by atoms with E-state index in [9.17, 15) is 9.59 Å². The first-order valence-corrected chi connectivity index (χ1v) is 7.32. The van der Waals surface area contributed by atoms with E-state index in [-0.39, 0.29) is 11.0 Å². The van der Waals surface area contributed by atoms with Gasteiger partial charge in [0.05, 0.1) is 12.7 Å². The summed E-state index contributed by atoms with van der Waals surface area (Å²) >= 11 is 5.12. The van der Waals surface area contributed by atoms with Crippen LogP contribution in [0.5, 0.6) is 5.75 Å². The Bertz CT molecular complexity index is 762. The fourth-order valence-corrected chi connectivity index (χ4v) is 2.16.